The maximum atomic E-state index is 12.6. The van der Waals surface area contributed by atoms with E-state index in [0.29, 0.717) is 0 Å². The average molecular weight is 185 g/mol. The van der Waals surface area contributed by atoms with Crippen molar-refractivity contribution in [3.05, 3.63) is 0 Å². The van der Waals surface area contributed by atoms with Gasteiger partial charge in [0.2, 0.25) is 0 Å². The van der Waals surface area contributed by atoms with Crippen molar-refractivity contribution in [2.45, 2.75) is 31.0 Å². The fourth-order valence-corrected chi connectivity index (χ4v) is 0.295. The van der Waals surface area contributed by atoms with Gasteiger partial charge in [-0.2, -0.15) is 0 Å². The Hall–Kier alpha value is 0.370. The molecule has 0 saturated heterocycles. The van der Waals surface area contributed by atoms with Crippen molar-refractivity contribution in [2.75, 3.05) is 0 Å². The molecule has 0 aromatic rings. The highest BCUT2D eigenvalue weighted by Gasteiger charge is 2.28. The molecule has 0 aliphatic rings. The summed E-state index contributed by atoms with van der Waals surface area (Å²) in [6.07, 6.45) is -0.655. The van der Waals surface area contributed by atoms with Gasteiger partial charge in [0.1, 0.15) is 0 Å². The minimum absolute atomic E-state index is 0.282. The summed E-state index contributed by atoms with van der Waals surface area (Å²) in [7, 11) is 0. The van der Waals surface area contributed by atoms with Gasteiger partial charge in [0, 0.05) is 0 Å². The molecule has 2 atom stereocenters. The quantitative estimate of drug-likeness (QED) is 0.650. The summed E-state index contributed by atoms with van der Waals surface area (Å²) in [5.74, 6) is 0. The molecule has 0 aliphatic heterocycles. The molecule has 0 aromatic heterocycles. The van der Waals surface area contributed by atoms with Crippen molar-refractivity contribution >= 4 is 15.9 Å². The maximum Gasteiger partial charge on any atom is 0.190 e. The Morgan fingerprint density at radius 1 is 1.88 bits per heavy atom. The zero-order valence-electron chi connectivity index (χ0n) is 4.99. The third-order valence-corrected chi connectivity index (χ3v) is 2.31. The van der Waals surface area contributed by atoms with Gasteiger partial charge in [-0.15, -0.1) is 0 Å². The van der Waals surface area contributed by atoms with E-state index < -0.39 is 10.7 Å². The highest BCUT2D eigenvalue weighted by atomic mass is 79.9. The Balaban J connectivity index is 3.71. The second kappa shape index (κ2) is 2.78. The van der Waals surface area contributed by atoms with Crippen LogP contribution in [0.1, 0.15) is 20.3 Å². The van der Waals surface area contributed by atoms with Crippen LogP contribution in [0.5, 0.6) is 0 Å². The standard InChI is InChI=1S/C5H10BrFO/c1-3-5(6,7)4(2)8/h4,8H,3H2,1-2H3. The second-order valence-corrected chi connectivity index (χ2v) is 3.11. The van der Waals surface area contributed by atoms with Gasteiger partial charge < -0.3 is 5.11 Å². The first-order valence-electron chi connectivity index (χ1n) is 2.56. The molecule has 0 heterocycles. The van der Waals surface area contributed by atoms with E-state index in [4.69, 9.17) is 5.11 Å². The van der Waals surface area contributed by atoms with E-state index in [0.717, 1.165) is 0 Å². The molecule has 0 rings (SSSR count). The van der Waals surface area contributed by atoms with Crippen LogP contribution >= 0.6 is 15.9 Å². The van der Waals surface area contributed by atoms with Crippen molar-refractivity contribution < 1.29 is 9.50 Å². The fraction of sp³-hybridized carbons (Fsp3) is 1.00. The lowest BCUT2D eigenvalue weighted by molar-refractivity contribution is 0.0720. The van der Waals surface area contributed by atoms with Crippen molar-refractivity contribution in [3.63, 3.8) is 0 Å². The maximum absolute atomic E-state index is 12.6. The molecule has 0 aromatic carbocycles. The predicted octanol–water partition coefficient (Wildman–Crippen LogP) is 1.84. The molecule has 2 unspecified atom stereocenters. The molecular weight excluding hydrogens is 175 g/mol. The monoisotopic (exact) mass is 184 g/mol. The summed E-state index contributed by atoms with van der Waals surface area (Å²) in [4.78, 5) is 0. The lowest BCUT2D eigenvalue weighted by atomic mass is 10.2. The van der Waals surface area contributed by atoms with Gasteiger partial charge in [0.05, 0.1) is 6.10 Å². The molecule has 0 amide bonds. The van der Waals surface area contributed by atoms with Gasteiger partial charge in [0.25, 0.3) is 0 Å². The van der Waals surface area contributed by atoms with Gasteiger partial charge in [-0.05, 0) is 29.3 Å². The zero-order valence-corrected chi connectivity index (χ0v) is 6.57. The van der Waals surface area contributed by atoms with Crippen LogP contribution in [0, 0.1) is 0 Å². The highest BCUT2D eigenvalue weighted by molar-refractivity contribution is 9.10. The van der Waals surface area contributed by atoms with Crippen LogP contribution in [-0.4, -0.2) is 15.8 Å². The molecule has 1 nitrogen and oxygen atoms in total. The van der Waals surface area contributed by atoms with Crippen molar-refractivity contribution in [2.24, 2.45) is 0 Å². The first-order chi connectivity index (χ1) is 3.50. The third kappa shape index (κ3) is 2.09. The van der Waals surface area contributed by atoms with Gasteiger partial charge in [0.15, 0.2) is 4.58 Å². The molecule has 0 fully saturated rings. The van der Waals surface area contributed by atoms with Gasteiger partial charge in [-0.25, -0.2) is 4.39 Å². The third-order valence-electron chi connectivity index (χ3n) is 1.08. The lowest BCUT2D eigenvalue weighted by Gasteiger charge is -2.18. The summed E-state index contributed by atoms with van der Waals surface area (Å²) in [6.45, 7) is 3.08. The predicted molar refractivity (Wildman–Crippen MR) is 34.7 cm³/mol. The van der Waals surface area contributed by atoms with Crippen molar-refractivity contribution in [3.8, 4) is 0 Å². The van der Waals surface area contributed by atoms with Crippen LogP contribution in [0.2, 0.25) is 0 Å². The largest absolute Gasteiger partial charge is 0.389 e. The van der Waals surface area contributed by atoms with Crippen LogP contribution in [0.3, 0.4) is 0 Å². The normalized spacial score (nSPS) is 22.1. The lowest BCUT2D eigenvalue weighted by Crippen LogP contribution is -2.27. The molecule has 3 heteroatoms. The summed E-state index contributed by atoms with van der Waals surface area (Å²) < 4.78 is 11.0. The Bertz CT molecular complexity index is 72.8. The number of alkyl halides is 2. The minimum Gasteiger partial charge on any atom is -0.389 e. The molecule has 50 valence electrons. The van der Waals surface area contributed by atoms with E-state index in [2.05, 4.69) is 15.9 Å². The van der Waals surface area contributed by atoms with Crippen LogP contribution in [0.25, 0.3) is 0 Å². The van der Waals surface area contributed by atoms with E-state index >= 15 is 0 Å². The first kappa shape index (κ1) is 8.37. The number of aliphatic hydroxyl groups is 1. The van der Waals surface area contributed by atoms with E-state index in [1.165, 1.54) is 6.92 Å². The van der Waals surface area contributed by atoms with Crippen LogP contribution in [0.4, 0.5) is 4.39 Å². The number of rotatable bonds is 2. The first-order valence-corrected chi connectivity index (χ1v) is 3.36. The zero-order chi connectivity index (χ0) is 6.78. The molecule has 0 saturated carbocycles. The van der Waals surface area contributed by atoms with E-state index in [1.54, 1.807) is 6.92 Å². The molecule has 0 spiro atoms. The number of hydrogen-bond acceptors (Lipinski definition) is 1. The van der Waals surface area contributed by atoms with E-state index in [9.17, 15) is 4.39 Å². The molecule has 0 aliphatic carbocycles. The van der Waals surface area contributed by atoms with Crippen LogP contribution < -0.4 is 0 Å². The minimum atomic E-state index is -1.59. The SMILES string of the molecule is CCC(F)(Br)C(C)O. The Morgan fingerprint density at radius 2 is 2.25 bits per heavy atom. The summed E-state index contributed by atoms with van der Waals surface area (Å²) in [5, 5.41) is 8.66. The molecule has 8 heavy (non-hydrogen) atoms. The van der Waals surface area contributed by atoms with Gasteiger partial charge >= 0.3 is 0 Å². The summed E-state index contributed by atoms with van der Waals surface area (Å²) in [5.41, 5.74) is 0. The second-order valence-electron chi connectivity index (χ2n) is 1.79. The number of halogens is 2. The molecule has 0 radical (unpaired) electrons. The van der Waals surface area contributed by atoms with Crippen LogP contribution in [0.15, 0.2) is 0 Å². The Kier molecular flexibility index (Phi) is 2.91. The average Bonchev–Trinajstić information content (AvgIpc) is 1.67. The van der Waals surface area contributed by atoms with E-state index in [-0.39, 0.29) is 6.42 Å². The topological polar surface area (TPSA) is 20.2 Å². The van der Waals surface area contributed by atoms with Crippen molar-refractivity contribution in [1.82, 2.24) is 0 Å². The van der Waals surface area contributed by atoms with Crippen LogP contribution in [-0.2, 0) is 0 Å². The number of hydrogen-bond donors (Lipinski definition) is 1. The smallest absolute Gasteiger partial charge is 0.190 e. The van der Waals surface area contributed by atoms with Gasteiger partial charge in [-0.3, -0.25) is 0 Å². The van der Waals surface area contributed by atoms with E-state index in [1.807, 2.05) is 0 Å². The summed E-state index contributed by atoms with van der Waals surface area (Å²) in [6, 6.07) is 0. The number of aliphatic hydroxyl groups excluding tert-OH is 1. The molecule has 1 N–H and O–H groups in total. The van der Waals surface area contributed by atoms with Gasteiger partial charge in [-0.1, -0.05) is 6.92 Å². The Labute approximate surface area is 57.0 Å². The van der Waals surface area contributed by atoms with Crippen molar-refractivity contribution in [1.29, 1.82) is 0 Å². The fourth-order valence-electron chi connectivity index (χ4n) is 0.295. The Morgan fingerprint density at radius 3 is 2.25 bits per heavy atom. The molecule has 0 bridgehead atoms. The highest BCUT2D eigenvalue weighted by Crippen LogP contribution is 2.27. The summed E-state index contributed by atoms with van der Waals surface area (Å²) >= 11 is 2.73. The molecular formula is C5H10BrFO.